The van der Waals surface area contributed by atoms with Gasteiger partial charge in [0.2, 0.25) is 5.91 Å². The summed E-state index contributed by atoms with van der Waals surface area (Å²) in [6.45, 7) is 6.44. The number of thioether (sulfide) groups is 1. The van der Waals surface area contributed by atoms with Gasteiger partial charge in [-0.2, -0.15) is 0 Å². The van der Waals surface area contributed by atoms with E-state index in [1.165, 1.54) is 50.3 Å². The average Bonchev–Trinajstić information content (AvgIpc) is 3.00. The first-order chi connectivity index (χ1) is 11.9. The van der Waals surface area contributed by atoms with Crippen molar-refractivity contribution in [2.24, 2.45) is 23.2 Å². The fourth-order valence-electron chi connectivity index (χ4n) is 5.96. The summed E-state index contributed by atoms with van der Waals surface area (Å²) in [6.07, 6.45) is 10.1. The van der Waals surface area contributed by atoms with Crippen molar-refractivity contribution in [2.75, 3.05) is 5.75 Å². The molecule has 25 heavy (non-hydrogen) atoms. The summed E-state index contributed by atoms with van der Waals surface area (Å²) in [5.41, 5.74) is 0.368. The Morgan fingerprint density at radius 1 is 1.24 bits per heavy atom. The van der Waals surface area contributed by atoms with Crippen molar-refractivity contribution in [2.45, 2.75) is 76.5 Å². The highest BCUT2D eigenvalue weighted by Gasteiger charge is 2.53. The second kappa shape index (κ2) is 6.60. The van der Waals surface area contributed by atoms with E-state index in [-0.39, 0.29) is 11.9 Å². The van der Waals surface area contributed by atoms with Crippen LogP contribution in [0.5, 0.6) is 0 Å². The van der Waals surface area contributed by atoms with Crippen molar-refractivity contribution < 1.29 is 4.79 Å². The van der Waals surface area contributed by atoms with Crippen LogP contribution in [-0.2, 0) is 4.79 Å². The molecule has 4 bridgehead atoms. The van der Waals surface area contributed by atoms with Crippen LogP contribution >= 0.6 is 11.8 Å². The van der Waals surface area contributed by atoms with Crippen LogP contribution in [0.15, 0.2) is 11.5 Å². The number of aromatic nitrogens is 3. The number of hydrogen-bond acceptors (Lipinski definition) is 4. The minimum atomic E-state index is 0.131. The Balaban J connectivity index is 1.34. The van der Waals surface area contributed by atoms with E-state index in [1.54, 1.807) is 6.33 Å². The van der Waals surface area contributed by atoms with Gasteiger partial charge >= 0.3 is 0 Å². The summed E-state index contributed by atoms with van der Waals surface area (Å²) in [7, 11) is 0. The molecule has 0 spiro atoms. The molecule has 1 aromatic heterocycles. The quantitative estimate of drug-likeness (QED) is 0.785. The zero-order valence-corrected chi connectivity index (χ0v) is 16.4. The summed E-state index contributed by atoms with van der Waals surface area (Å²) in [5.74, 6) is 3.31. The van der Waals surface area contributed by atoms with Crippen LogP contribution in [0.3, 0.4) is 0 Å². The first kappa shape index (κ1) is 17.4. The van der Waals surface area contributed by atoms with Gasteiger partial charge in [-0.15, -0.1) is 10.2 Å². The number of nitrogens with one attached hydrogen (secondary N) is 1. The Labute approximate surface area is 154 Å². The maximum atomic E-state index is 12.5. The van der Waals surface area contributed by atoms with Crippen LogP contribution in [0.2, 0.25) is 0 Å². The molecule has 0 saturated heterocycles. The monoisotopic (exact) mass is 362 g/mol. The van der Waals surface area contributed by atoms with Crippen molar-refractivity contribution in [3.63, 3.8) is 0 Å². The standard InChI is InChI=1S/C19H30N4OS/c1-12(2)23-11-20-22-18(23)25-10-17(24)21-13(3)19-7-14-4-15(8-19)6-16(5-14)9-19/h11-16H,4-10H2,1-3H3,(H,21,24)/t13-,14?,15?,16?,19?/m1/s1. The maximum Gasteiger partial charge on any atom is 0.230 e. The van der Waals surface area contributed by atoms with Gasteiger partial charge in [0.25, 0.3) is 0 Å². The lowest BCUT2D eigenvalue weighted by molar-refractivity contribution is -0.123. The average molecular weight is 363 g/mol. The molecule has 4 fully saturated rings. The maximum absolute atomic E-state index is 12.5. The molecule has 1 atom stereocenters. The van der Waals surface area contributed by atoms with Crippen molar-refractivity contribution in [1.29, 1.82) is 0 Å². The topological polar surface area (TPSA) is 59.8 Å². The molecule has 1 aromatic rings. The molecule has 0 unspecified atom stereocenters. The number of amides is 1. The summed E-state index contributed by atoms with van der Waals surface area (Å²) >= 11 is 1.49. The third-order valence-electron chi connectivity index (χ3n) is 6.81. The van der Waals surface area contributed by atoms with E-state index in [1.807, 2.05) is 4.57 Å². The minimum absolute atomic E-state index is 0.131. The predicted molar refractivity (Wildman–Crippen MR) is 99.3 cm³/mol. The summed E-state index contributed by atoms with van der Waals surface area (Å²) in [4.78, 5) is 12.5. The van der Waals surface area contributed by atoms with Gasteiger partial charge in [-0.1, -0.05) is 11.8 Å². The molecule has 1 amide bonds. The Bertz CT molecular complexity index is 606. The molecule has 5 nitrogen and oxygen atoms in total. The SMILES string of the molecule is CC(C)n1cnnc1SCC(=O)N[C@H](C)C12CC3CC(CC(C3)C1)C2. The fraction of sp³-hybridized carbons (Fsp3) is 0.842. The highest BCUT2D eigenvalue weighted by Crippen LogP contribution is 2.61. The smallest absolute Gasteiger partial charge is 0.230 e. The molecule has 1 heterocycles. The molecular formula is C19H30N4OS. The van der Waals surface area contributed by atoms with E-state index in [2.05, 4.69) is 36.3 Å². The number of nitrogens with zero attached hydrogens (tertiary/aromatic N) is 3. The van der Waals surface area contributed by atoms with Crippen LogP contribution in [0.4, 0.5) is 0 Å². The molecule has 138 valence electrons. The van der Waals surface area contributed by atoms with E-state index in [0.717, 1.165) is 22.9 Å². The van der Waals surface area contributed by atoms with E-state index in [4.69, 9.17) is 0 Å². The Kier molecular flexibility index (Phi) is 4.59. The molecular weight excluding hydrogens is 332 g/mol. The van der Waals surface area contributed by atoms with Crippen LogP contribution in [-0.4, -0.2) is 32.5 Å². The number of hydrogen-bond donors (Lipinski definition) is 1. The Morgan fingerprint density at radius 2 is 1.84 bits per heavy atom. The van der Waals surface area contributed by atoms with Crippen LogP contribution in [0, 0.1) is 23.2 Å². The fourth-order valence-corrected chi connectivity index (χ4v) is 6.82. The van der Waals surface area contributed by atoms with E-state index in [0.29, 0.717) is 17.2 Å². The van der Waals surface area contributed by atoms with Crippen molar-refractivity contribution in [3.8, 4) is 0 Å². The van der Waals surface area contributed by atoms with Crippen molar-refractivity contribution in [1.82, 2.24) is 20.1 Å². The van der Waals surface area contributed by atoms with Crippen LogP contribution < -0.4 is 5.32 Å². The lowest BCUT2D eigenvalue weighted by Crippen LogP contribution is -2.56. The van der Waals surface area contributed by atoms with Gasteiger partial charge in [0.1, 0.15) is 6.33 Å². The first-order valence-corrected chi connectivity index (χ1v) is 10.8. The largest absolute Gasteiger partial charge is 0.352 e. The van der Waals surface area contributed by atoms with E-state index in [9.17, 15) is 4.79 Å². The third kappa shape index (κ3) is 3.34. The molecule has 4 saturated carbocycles. The predicted octanol–water partition coefficient (Wildman–Crippen LogP) is 3.67. The van der Waals surface area contributed by atoms with Crippen molar-refractivity contribution >= 4 is 17.7 Å². The molecule has 5 rings (SSSR count). The molecule has 6 heteroatoms. The lowest BCUT2D eigenvalue weighted by atomic mass is 9.48. The first-order valence-electron chi connectivity index (χ1n) is 9.77. The third-order valence-corrected chi connectivity index (χ3v) is 7.77. The second-order valence-corrected chi connectivity index (χ2v) is 9.91. The summed E-state index contributed by atoms with van der Waals surface area (Å²) < 4.78 is 2.01. The normalized spacial score (nSPS) is 34.5. The Hall–Kier alpha value is -1.04. The van der Waals surface area contributed by atoms with Gasteiger partial charge in [0.15, 0.2) is 5.16 Å². The lowest BCUT2D eigenvalue weighted by Gasteiger charge is -2.59. The molecule has 1 N–H and O–H groups in total. The molecule has 4 aliphatic carbocycles. The summed E-state index contributed by atoms with van der Waals surface area (Å²) in [6, 6.07) is 0.600. The van der Waals surface area contributed by atoms with Gasteiger partial charge in [0.05, 0.1) is 5.75 Å². The second-order valence-electron chi connectivity index (χ2n) is 8.97. The van der Waals surface area contributed by atoms with Crippen molar-refractivity contribution in [3.05, 3.63) is 6.33 Å². The highest BCUT2D eigenvalue weighted by atomic mass is 32.2. The molecule has 0 aliphatic heterocycles. The van der Waals surface area contributed by atoms with E-state index >= 15 is 0 Å². The van der Waals surface area contributed by atoms with Gasteiger partial charge in [-0.05, 0) is 82.5 Å². The Morgan fingerprint density at radius 3 is 2.40 bits per heavy atom. The zero-order chi connectivity index (χ0) is 17.6. The minimum Gasteiger partial charge on any atom is -0.352 e. The van der Waals surface area contributed by atoms with Gasteiger partial charge < -0.3 is 9.88 Å². The van der Waals surface area contributed by atoms with Crippen LogP contribution in [0.25, 0.3) is 0 Å². The molecule has 0 radical (unpaired) electrons. The molecule has 0 aromatic carbocycles. The van der Waals surface area contributed by atoms with Gasteiger partial charge in [-0.3, -0.25) is 4.79 Å². The van der Waals surface area contributed by atoms with Gasteiger partial charge in [-0.25, -0.2) is 0 Å². The zero-order valence-electron chi connectivity index (χ0n) is 15.6. The number of carbonyl (C=O) groups excluding carboxylic acids is 1. The van der Waals surface area contributed by atoms with Crippen LogP contribution in [0.1, 0.15) is 65.3 Å². The van der Waals surface area contributed by atoms with E-state index < -0.39 is 0 Å². The summed E-state index contributed by atoms with van der Waals surface area (Å²) in [5, 5.41) is 12.3. The number of rotatable bonds is 6. The molecule has 4 aliphatic rings. The number of carbonyl (C=O) groups is 1. The van der Waals surface area contributed by atoms with Gasteiger partial charge in [0, 0.05) is 12.1 Å². The highest BCUT2D eigenvalue weighted by molar-refractivity contribution is 7.99.